The maximum absolute atomic E-state index is 15.6. The highest BCUT2D eigenvalue weighted by molar-refractivity contribution is 6.02. The third-order valence-corrected chi connectivity index (χ3v) is 4.46. The van der Waals surface area contributed by atoms with Crippen LogP contribution in [0.25, 0.3) is 10.9 Å². The van der Waals surface area contributed by atoms with Crippen LogP contribution < -0.4 is 5.43 Å². The molecule has 0 aliphatic carbocycles. The quantitative estimate of drug-likeness (QED) is 0.354. The Kier molecular flexibility index (Phi) is 7.84. The second-order valence-electron chi connectivity index (χ2n) is 6.30. The minimum Gasteiger partial charge on any atom is -0.465 e. The number of nitrogens with zero attached hydrogens (tertiary/aromatic N) is 1. The zero-order valence-corrected chi connectivity index (χ0v) is 17.6. The topological polar surface area (TPSA) is 101 Å². The van der Waals surface area contributed by atoms with E-state index in [-0.39, 0.29) is 31.9 Å². The van der Waals surface area contributed by atoms with Gasteiger partial charge in [0.15, 0.2) is 11.7 Å². The second kappa shape index (κ2) is 10.1. The number of pyridine rings is 1. The Balaban J connectivity index is 2.88. The summed E-state index contributed by atoms with van der Waals surface area (Å²) >= 11 is 0. The van der Waals surface area contributed by atoms with Crippen LogP contribution in [0, 0.1) is 11.6 Å². The molecule has 1 heterocycles. The minimum atomic E-state index is -2.02. The molecule has 0 aliphatic heterocycles. The summed E-state index contributed by atoms with van der Waals surface area (Å²) in [5, 5.41) is -0.433. The van der Waals surface area contributed by atoms with Gasteiger partial charge in [0.2, 0.25) is 5.43 Å². The molecule has 0 fully saturated rings. The van der Waals surface area contributed by atoms with Crippen LogP contribution in [0.4, 0.5) is 8.78 Å². The number of rotatable bonds is 8. The van der Waals surface area contributed by atoms with E-state index < -0.39 is 57.4 Å². The van der Waals surface area contributed by atoms with Crippen LogP contribution in [-0.2, 0) is 30.3 Å². The third-order valence-electron chi connectivity index (χ3n) is 4.46. The van der Waals surface area contributed by atoms with Gasteiger partial charge in [-0.25, -0.2) is 13.6 Å². The number of hydrogen-bond donors (Lipinski definition) is 0. The summed E-state index contributed by atoms with van der Waals surface area (Å²) in [7, 11) is 0. The van der Waals surface area contributed by atoms with Crippen molar-refractivity contribution in [1.29, 1.82) is 0 Å². The minimum absolute atomic E-state index is 0.00482. The zero-order chi connectivity index (χ0) is 23.3. The molecule has 0 saturated carbocycles. The van der Waals surface area contributed by atoms with Crippen LogP contribution in [0.3, 0.4) is 0 Å². The Hall–Kier alpha value is -3.30. The highest BCUT2D eigenvalue weighted by atomic mass is 19.1. The first-order valence-electron chi connectivity index (χ1n) is 9.78. The van der Waals surface area contributed by atoms with Crippen molar-refractivity contribution in [2.24, 2.45) is 0 Å². The van der Waals surface area contributed by atoms with Crippen LogP contribution in [0.15, 0.2) is 17.1 Å². The van der Waals surface area contributed by atoms with Gasteiger partial charge in [-0.15, -0.1) is 0 Å². The van der Waals surface area contributed by atoms with Crippen molar-refractivity contribution in [3.63, 3.8) is 0 Å². The fraction of sp³-hybridized carbons (Fsp3) is 0.429. The van der Waals surface area contributed by atoms with Crippen molar-refractivity contribution in [3.05, 3.63) is 45.2 Å². The van der Waals surface area contributed by atoms with E-state index in [1.165, 1.54) is 18.4 Å². The van der Waals surface area contributed by atoms with E-state index in [9.17, 15) is 19.2 Å². The van der Waals surface area contributed by atoms with E-state index in [0.29, 0.717) is 6.07 Å². The van der Waals surface area contributed by atoms with E-state index in [1.807, 2.05) is 0 Å². The Bertz CT molecular complexity index is 1060. The maximum Gasteiger partial charge on any atom is 0.343 e. The molecular formula is C21H23F2NO7. The summed E-state index contributed by atoms with van der Waals surface area (Å²) < 4.78 is 46.2. The number of aryl methyl sites for hydroxylation is 1. The summed E-state index contributed by atoms with van der Waals surface area (Å²) in [5.74, 6) is -7.95. The molecule has 0 N–H and O–H groups in total. The van der Waals surface area contributed by atoms with Crippen LogP contribution >= 0.6 is 0 Å². The van der Waals surface area contributed by atoms with Crippen LogP contribution in [0.5, 0.6) is 0 Å². The molecule has 0 bridgehead atoms. The van der Waals surface area contributed by atoms with Gasteiger partial charge in [0.1, 0.15) is 11.4 Å². The summed E-state index contributed by atoms with van der Waals surface area (Å²) in [5.41, 5.74) is -2.59. The second-order valence-corrected chi connectivity index (χ2v) is 6.30. The van der Waals surface area contributed by atoms with Gasteiger partial charge in [-0.1, -0.05) is 0 Å². The van der Waals surface area contributed by atoms with Gasteiger partial charge in [0, 0.05) is 12.7 Å². The zero-order valence-electron chi connectivity index (χ0n) is 17.6. The Morgan fingerprint density at radius 3 is 2.00 bits per heavy atom. The molecule has 0 amide bonds. The summed E-state index contributed by atoms with van der Waals surface area (Å²) in [6, 6.07) is 0.691. The predicted octanol–water partition coefficient (Wildman–Crippen LogP) is 2.69. The van der Waals surface area contributed by atoms with Gasteiger partial charge in [-0.3, -0.25) is 14.4 Å². The highest BCUT2D eigenvalue weighted by Crippen LogP contribution is 2.31. The van der Waals surface area contributed by atoms with Crippen molar-refractivity contribution >= 4 is 28.8 Å². The molecule has 1 aromatic heterocycles. The van der Waals surface area contributed by atoms with Crippen molar-refractivity contribution in [3.8, 4) is 0 Å². The van der Waals surface area contributed by atoms with Crippen LogP contribution in [0.2, 0.25) is 0 Å². The largest absolute Gasteiger partial charge is 0.465 e. The molecule has 168 valence electrons. The number of esters is 3. The molecule has 2 aromatic rings. The number of carbonyl (C=O) groups is 3. The predicted molar refractivity (Wildman–Crippen MR) is 106 cm³/mol. The van der Waals surface area contributed by atoms with E-state index in [4.69, 9.17) is 14.2 Å². The smallest absolute Gasteiger partial charge is 0.343 e. The van der Waals surface area contributed by atoms with Gasteiger partial charge in [0.25, 0.3) is 0 Å². The lowest BCUT2D eigenvalue weighted by atomic mass is 9.95. The molecule has 0 aliphatic rings. The van der Waals surface area contributed by atoms with Crippen molar-refractivity contribution < 1.29 is 37.4 Å². The van der Waals surface area contributed by atoms with E-state index >= 15 is 8.78 Å². The molecule has 0 radical (unpaired) electrons. The molecule has 31 heavy (non-hydrogen) atoms. The van der Waals surface area contributed by atoms with Crippen molar-refractivity contribution in [1.82, 2.24) is 4.57 Å². The van der Waals surface area contributed by atoms with Gasteiger partial charge in [-0.05, 0) is 33.8 Å². The fourth-order valence-electron chi connectivity index (χ4n) is 3.15. The van der Waals surface area contributed by atoms with Gasteiger partial charge >= 0.3 is 17.9 Å². The molecule has 0 atom stereocenters. The maximum atomic E-state index is 15.6. The van der Waals surface area contributed by atoms with Crippen LogP contribution in [0.1, 0.15) is 49.5 Å². The number of fused-ring (bicyclic) bond motifs is 1. The lowest BCUT2D eigenvalue weighted by molar-refractivity contribution is -0.157. The summed E-state index contributed by atoms with van der Waals surface area (Å²) in [4.78, 5) is 49.5. The average Bonchev–Trinajstić information content (AvgIpc) is 2.72. The van der Waals surface area contributed by atoms with E-state index in [2.05, 4.69) is 0 Å². The Morgan fingerprint density at radius 1 is 0.968 bits per heavy atom. The third kappa shape index (κ3) is 4.57. The van der Waals surface area contributed by atoms with E-state index in [0.717, 1.165) is 6.20 Å². The summed E-state index contributed by atoms with van der Waals surface area (Å²) in [6.45, 7) is 5.93. The lowest BCUT2D eigenvalue weighted by Crippen LogP contribution is -2.29. The van der Waals surface area contributed by atoms with Crippen molar-refractivity contribution in [2.45, 2.75) is 40.2 Å². The molecule has 0 spiro atoms. The molecule has 8 nitrogen and oxygen atoms in total. The molecule has 0 saturated heterocycles. The summed E-state index contributed by atoms with van der Waals surface area (Å²) in [6.07, 6.45) is 1.09. The first-order valence-corrected chi connectivity index (χ1v) is 9.78. The molecule has 1 aromatic carbocycles. The normalized spacial score (nSPS) is 10.9. The first kappa shape index (κ1) is 24.0. The Morgan fingerprint density at radius 2 is 1.52 bits per heavy atom. The standard InChI is InChI=1S/C21H23F2NO7/c1-5-24-10-12(19(26)29-6-2)18(25)11-9-13(22)14(16(23)17(11)24)15(20(27)30-7-3)21(28)31-8-4/h9-10,15H,5-8H2,1-4H3. The SMILES string of the molecule is CCOC(=O)c1cn(CC)c2c(F)c(C(C(=O)OCC)C(=O)OCC)c(F)cc2c1=O. The molecule has 10 heteroatoms. The number of carbonyl (C=O) groups excluding carboxylic acids is 3. The number of aromatic nitrogens is 1. The Labute approximate surface area is 176 Å². The average molecular weight is 439 g/mol. The molecule has 2 rings (SSSR count). The van der Waals surface area contributed by atoms with Crippen molar-refractivity contribution in [2.75, 3.05) is 19.8 Å². The van der Waals surface area contributed by atoms with Gasteiger partial charge in [-0.2, -0.15) is 0 Å². The lowest BCUT2D eigenvalue weighted by Gasteiger charge is -2.19. The van der Waals surface area contributed by atoms with E-state index in [1.54, 1.807) is 13.8 Å². The monoisotopic (exact) mass is 439 g/mol. The van der Waals surface area contributed by atoms with Crippen LogP contribution in [-0.4, -0.2) is 42.3 Å². The first-order chi connectivity index (χ1) is 14.7. The fourth-order valence-corrected chi connectivity index (χ4v) is 3.15. The molecular weight excluding hydrogens is 416 g/mol. The van der Waals surface area contributed by atoms with Gasteiger partial charge < -0.3 is 18.8 Å². The molecule has 0 unspecified atom stereocenters. The number of ether oxygens (including phenoxy) is 3. The number of halogens is 2. The number of hydrogen-bond acceptors (Lipinski definition) is 7. The van der Waals surface area contributed by atoms with Gasteiger partial charge in [0.05, 0.1) is 36.3 Å². The highest BCUT2D eigenvalue weighted by Gasteiger charge is 2.38. The number of benzene rings is 1.